The van der Waals surface area contributed by atoms with E-state index in [1.165, 1.54) is 21.6 Å². The number of hydrogen-bond acceptors (Lipinski definition) is 8. The van der Waals surface area contributed by atoms with Crippen LogP contribution in [0.25, 0.3) is 0 Å². The number of nitriles is 4. The van der Waals surface area contributed by atoms with Gasteiger partial charge in [0, 0.05) is 36.3 Å². The van der Waals surface area contributed by atoms with Crippen molar-refractivity contribution in [2.24, 2.45) is 0 Å². The number of hydrogen-bond donors (Lipinski definition) is 0. The third-order valence-electron chi connectivity index (χ3n) is 0. The summed E-state index contributed by atoms with van der Waals surface area (Å²) in [4.78, 5) is 0. The molecular formula is C4CoN4S4Zn-4. The van der Waals surface area contributed by atoms with Crippen LogP contribution in [0.15, 0.2) is 0 Å². The Balaban J connectivity index is -0.0000000145. The molecule has 0 spiro atoms. The van der Waals surface area contributed by atoms with Crippen LogP contribution in [0, 0.1) is 42.7 Å². The van der Waals surface area contributed by atoms with Crippen LogP contribution < -0.4 is 0 Å². The topological polar surface area (TPSA) is 95.2 Å². The quantitative estimate of drug-likeness (QED) is 0.341. The number of nitrogens with zero attached hydrogens (tertiary/aromatic N) is 4. The van der Waals surface area contributed by atoms with E-state index >= 15 is 0 Å². The standard InChI is InChI=1S/4CHNS.Co.Zn/c4*2-1-3;;/h4*3H;;/p-4. The third kappa shape index (κ3) is 1590000. The fourth-order valence-electron chi connectivity index (χ4n) is 0. The second-order valence-electron chi connectivity index (χ2n) is 0.365. The molecule has 0 aromatic carbocycles. The zero-order valence-corrected chi connectivity index (χ0v) is 13.7. The van der Waals surface area contributed by atoms with Crippen LogP contribution in [-0.4, -0.2) is 0 Å². The van der Waals surface area contributed by atoms with Crippen molar-refractivity contribution in [2.75, 3.05) is 0 Å². The molecule has 0 fully saturated rings. The minimum atomic E-state index is 0. The summed E-state index contributed by atoms with van der Waals surface area (Å²) in [5.41, 5.74) is 0. The Labute approximate surface area is 128 Å². The van der Waals surface area contributed by atoms with Crippen LogP contribution in [-0.2, 0) is 86.8 Å². The Morgan fingerprint density at radius 2 is 0.571 bits per heavy atom. The van der Waals surface area contributed by atoms with E-state index in [-0.39, 0.29) is 36.3 Å². The fraction of sp³-hybridized carbons (Fsp3) is 0. The monoisotopic (exact) mass is 355 g/mol. The maximum Gasteiger partial charge on any atom is 0 e. The first-order valence-electron chi connectivity index (χ1n) is 1.71. The van der Waals surface area contributed by atoms with Crippen molar-refractivity contribution in [1.29, 1.82) is 21.0 Å². The van der Waals surface area contributed by atoms with Crippen molar-refractivity contribution in [3.05, 3.63) is 0 Å². The summed E-state index contributed by atoms with van der Waals surface area (Å²) < 4.78 is 0. The minimum absolute atomic E-state index is 0. The van der Waals surface area contributed by atoms with Gasteiger partial charge < -0.3 is 50.5 Å². The van der Waals surface area contributed by atoms with Gasteiger partial charge in [0.25, 0.3) is 0 Å². The molecule has 0 heterocycles. The Hall–Kier alpha value is -0.0301. The van der Waals surface area contributed by atoms with E-state index in [0.717, 1.165) is 0 Å². The molecule has 0 aromatic heterocycles. The zero-order chi connectivity index (χ0) is 10.8. The normalized spacial score (nSPS) is 2.00. The van der Waals surface area contributed by atoms with Crippen molar-refractivity contribution in [2.45, 2.75) is 0 Å². The number of rotatable bonds is 0. The first-order valence-corrected chi connectivity index (χ1v) is 3.34. The first kappa shape index (κ1) is 37.0. The molecule has 1 radical (unpaired) electrons. The van der Waals surface area contributed by atoms with Gasteiger partial charge in [-0.25, -0.2) is 21.0 Å². The van der Waals surface area contributed by atoms with Gasteiger partial charge in [0.1, 0.15) is 0 Å². The summed E-state index contributed by atoms with van der Waals surface area (Å²) >= 11 is 14.8. The average molecular weight is 357 g/mol. The predicted molar refractivity (Wildman–Crippen MR) is 51.9 cm³/mol. The van der Waals surface area contributed by atoms with Crippen molar-refractivity contribution in [3.63, 3.8) is 0 Å². The van der Waals surface area contributed by atoms with E-state index in [1.54, 1.807) is 0 Å². The Morgan fingerprint density at radius 3 is 0.571 bits per heavy atom. The first-order chi connectivity index (χ1) is 5.66. The smallest absolute Gasteiger partial charge is 0 e. The molecule has 0 saturated carbocycles. The molecule has 0 amide bonds. The van der Waals surface area contributed by atoms with Gasteiger partial charge in [0.15, 0.2) is 0 Å². The van der Waals surface area contributed by atoms with E-state index < -0.39 is 0 Å². The van der Waals surface area contributed by atoms with E-state index in [0.29, 0.717) is 0 Å². The molecule has 0 rings (SSSR count). The van der Waals surface area contributed by atoms with Gasteiger partial charge in [0.2, 0.25) is 0 Å². The van der Waals surface area contributed by atoms with E-state index in [4.69, 9.17) is 21.0 Å². The molecular weight excluding hydrogens is 357 g/mol. The molecule has 14 heavy (non-hydrogen) atoms. The zero-order valence-electron chi connectivity index (χ0n) is 6.46. The summed E-state index contributed by atoms with van der Waals surface area (Å²) in [5, 5.41) is 33.9. The molecule has 0 atom stereocenters. The van der Waals surface area contributed by atoms with Crippen LogP contribution in [0.4, 0.5) is 0 Å². The van der Waals surface area contributed by atoms with Gasteiger partial charge in [-0.3, -0.25) is 0 Å². The number of thiocyanates is 4. The molecule has 4 nitrogen and oxygen atoms in total. The van der Waals surface area contributed by atoms with E-state index in [1.807, 2.05) is 0 Å². The third-order valence-corrected chi connectivity index (χ3v) is 0. The predicted octanol–water partition coefficient (Wildman–Crippen LogP) is 0.0525. The van der Waals surface area contributed by atoms with E-state index in [2.05, 4.69) is 50.5 Å². The van der Waals surface area contributed by atoms with Gasteiger partial charge >= 0.3 is 0 Å². The molecule has 10 heteroatoms. The van der Waals surface area contributed by atoms with Gasteiger partial charge in [-0.2, -0.15) is 0 Å². The molecule has 0 aliphatic heterocycles. The summed E-state index contributed by atoms with van der Waals surface area (Å²) in [6, 6.07) is 0. The van der Waals surface area contributed by atoms with Crippen molar-refractivity contribution < 1.29 is 36.3 Å². The van der Waals surface area contributed by atoms with Gasteiger partial charge in [-0.05, 0) is 0 Å². The van der Waals surface area contributed by atoms with Crippen molar-refractivity contribution in [3.8, 4) is 21.6 Å². The van der Waals surface area contributed by atoms with Crippen LogP contribution in [0.2, 0.25) is 0 Å². The molecule has 0 unspecified atom stereocenters. The van der Waals surface area contributed by atoms with Crippen molar-refractivity contribution >= 4 is 50.5 Å². The summed E-state index contributed by atoms with van der Waals surface area (Å²) in [6.45, 7) is 0. The summed E-state index contributed by atoms with van der Waals surface area (Å²) in [5.74, 6) is 0. The average Bonchev–Trinajstić information content (AvgIpc) is 1.92. The van der Waals surface area contributed by atoms with Gasteiger partial charge in [-0.1, -0.05) is 21.6 Å². The molecule has 0 bridgehead atoms. The maximum absolute atomic E-state index is 7.13. The molecule has 0 saturated heterocycles. The fourth-order valence-corrected chi connectivity index (χ4v) is 0. The van der Waals surface area contributed by atoms with E-state index in [9.17, 15) is 0 Å². The minimum Gasteiger partial charge on any atom is -0.696 e. The van der Waals surface area contributed by atoms with Gasteiger partial charge in [0.05, 0.1) is 0 Å². The Kier molecular flexibility index (Phi) is 312. The largest absolute Gasteiger partial charge is 0.696 e. The molecule has 0 aromatic rings. The van der Waals surface area contributed by atoms with Gasteiger partial charge in [-0.15, -0.1) is 0 Å². The SMILES string of the molecule is N#C[S-].N#C[S-].N#C[S-].N#C[S-].[Co].[Zn]. The van der Waals surface area contributed by atoms with Crippen LogP contribution in [0.1, 0.15) is 0 Å². The molecule has 0 N–H and O–H groups in total. The van der Waals surface area contributed by atoms with Crippen LogP contribution >= 0.6 is 0 Å². The maximum atomic E-state index is 7.13. The Morgan fingerprint density at radius 1 is 0.571 bits per heavy atom. The molecule has 75 valence electrons. The second kappa shape index (κ2) is 118. The molecule has 0 aliphatic carbocycles. The van der Waals surface area contributed by atoms with Crippen LogP contribution in [0.5, 0.6) is 0 Å². The van der Waals surface area contributed by atoms with Crippen molar-refractivity contribution in [1.82, 2.24) is 0 Å². The Bertz CT molecular complexity index is 163. The molecule has 0 aliphatic rings. The summed E-state index contributed by atoms with van der Waals surface area (Å²) in [7, 11) is 0. The second-order valence-corrected chi connectivity index (χ2v) is 1.10. The van der Waals surface area contributed by atoms with Crippen LogP contribution in [0.3, 0.4) is 0 Å². The summed E-state index contributed by atoms with van der Waals surface area (Å²) in [6.07, 6.45) is 0.